The van der Waals surface area contributed by atoms with E-state index in [4.69, 9.17) is 16.3 Å². The van der Waals surface area contributed by atoms with Crippen LogP contribution in [0.5, 0.6) is 0 Å². The number of rotatable bonds is 4. The molecular formula is C15H17ClF2N2O. The summed E-state index contributed by atoms with van der Waals surface area (Å²) in [5.74, 6) is -0.694. The maximum Gasteiger partial charge on any atom is 0.153 e. The second-order valence-corrected chi connectivity index (χ2v) is 6.07. The van der Waals surface area contributed by atoms with Crippen molar-refractivity contribution in [1.82, 2.24) is 9.55 Å². The van der Waals surface area contributed by atoms with Gasteiger partial charge in [0.25, 0.3) is 0 Å². The van der Waals surface area contributed by atoms with Gasteiger partial charge in [-0.3, -0.25) is 0 Å². The van der Waals surface area contributed by atoms with Crippen LogP contribution >= 0.6 is 11.6 Å². The Kier molecular flexibility index (Phi) is 4.13. The molecule has 1 aliphatic rings. The molecule has 3 rings (SSSR count). The Morgan fingerprint density at radius 3 is 2.95 bits per heavy atom. The normalized spacial score (nSPS) is 20.3. The molecule has 0 bridgehead atoms. The van der Waals surface area contributed by atoms with Crippen LogP contribution in [0.4, 0.5) is 8.78 Å². The average Bonchev–Trinajstić information content (AvgIpc) is 3.03. The van der Waals surface area contributed by atoms with Gasteiger partial charge in [-0.05, 0) is 32.3 Å². The first-order valence-electron chi connectivity index (χ1n) is 7.17. The van der Waals surface area contributed by atoms with Crippen molar-refractivity contribution in [3.63, 3.8) is 0 Å². The van der Waals surface area contributed by atoms with Crippen LogP contribution in [0, 0.1) is 11.6 Å². The van der Waals surface area contributed by atoms with Crippen LogP contribution in [0.25, 0.3) is 11.0 Å². The molecule has 0 radical (unpaired) electrons. The van der Waals surface area contributed by atoms with Crippen molar-refractivity contribution in [2.75, 3.05) is 6.61 Å². The highest BCUT2D eigenvalue weighted by Gasteiger charge is 2.21. The minimum atomic E-state index is -0.653. The molecule has 2 unspecified atom stereocenters. The Morgan fingerprint density at radius 1 is 1.48 bits per heavy atom. The quantitative estimate of drug-likeness (QED) is 0.791. The molecular weight excluding hydrogens is 298 g/mol. The smallest absolute Gasteiger partial charge is 0.153 e. The number of aromatic nitrogens is 2. The summed E-state index contributed by atoms with van der Waals surface area (Å²) in [5.41, 5.74) is 0.624. The van der Waals surface area contributed by atoms with Crippen molar-refractivity contribution in [1.29, 1.82) is 0 Å². The number of aryl methyl sites for hydroxylation is 1. The molecule has 2 atom stereocenters. The second kappa shape index (κ2) is 5.89. The second-order valence-electron chi connectivity index (χ2n) is 5.42. The Bertz CT molecular complexity index is 651. The van der Waals surface area contributed by atoms with Crippen molar-refractivity contribution in [3.8, 4) is 0 Å². The fourth-order valence-corrected chi connectivity index (χ4v) is 3.02. The Balaban J connectivity index is 1.98. The van der Waals surface area contributed by atoms with E-state index in [1.54, 1.807) is 11.5 Å². The van der Waals surface area contributed by atoms with Crippen LogP contribution in [0.15, 0.2) is 12.1 Å². The van der Waals surface area contributed by atoms with Crippen molar-refractivity contribution >= 4 is 22.6 Å². The predicted molar refractivity (Wildman–Crippen MR) is 77.5 cm³/mol. The van der Waals surface area contributed by atoms with Crippen molar-refractivity contribution < 1.29 is 13.5 Å². The Hall–Kier alpha value is -1.20. The number of alkyl halides is 1. The van der Waals surface area contributed by atoms with Crippen LogP contribution in [0.2, 0.25) is 0 Å². The van der Waals surface area contributed by atoms with Gasteiger partial charge in [0.15, 0.2) is 5.82 Å². The van der Waals surface area contributed by atoms with E-state index < -0.39 is 11.6 Å². The maximum absolute atomic E-state index is 13.9. The molecule has 1 aromatic heterocycles. The molecule has 6 heteroatoms. The summed E-state index contributed by atoms with van der Waals surface area (Å²) in [6.07, 6.45) is 3.10. The lowest BCUT2D eigenvalue weighted by Crippen LogP contribution is -2.12. The molecule has 3 nitrogen and oxygen atoms in total. The van der Waals surface area contributed by atoms with Crippen LogP contribution < -0.4 is 0 Å². The molecule has 0 amide bonds. The zero-order valence-corrected chi connectivity index (χ0v) is 12.5. The Morgan fingerprint density at radius 2 is 2.29 bits per heavy atom. The molecule has 1 fully saturated rings. The van der Waals surface area contributed by atoms with E-state index in [2.05, 4.69) is 4.98 Å². The molecule has 0 N–H and O–H groups in total. The van der Waals surface area contributed by atoms with Gasteiger partial charge < -0.3 is 9.30 Å². The summed E-state index contributed by atoms with van der Waals surface area (Å²) < 4.78 is 34.8. The number of nitrogens with zero attached hydrogens (tertiary/aromatic N) is 2. The van der Waals surface area contributed by atoms with Crippen LogP contribution in [-0.4, -0.2) is 22.3 Å². The molecule has 2 aromatic rings. The average molecular weight is 315 g/mol. The zero-order valence-electron chi connectivity index (χ0n) is 11.8. The van der Waals surface area contributed by atoms with Crippen LogP contribution in [0.3, 0.4) is 0 Å². The number of hydrogen-bond acceptors (Lipinski definition) is 2. The summed E-state index contributed by atoms with van der Waals surface area (Å²) in [6.45, 7) is 3.16. The lowest BCUT2D eigenvalue weighted by Gasteiger charge is -2.13. The monoisotopic (exact) mass is 314 g/mol. The molecule has 2 heterocycles. The molecule has 1 aliphatic heterocycles. The number of halogens is 3. The Labute approximate surface area is 126 Å². The van der Waals surface area contributed by atoms with E-state index in [0.29, 0.717) is 17.9 Å². The predicted octanol–water partition coefficient (Wildman–Crippen LogP) is 4.18. The van der Waals surface area contributed by atoms with Gasteiger partial charge in [0.1, 0.15) is 17.2 Å². The highest BCUT2D eigenvalue weighted by Crippen LogP contribution is 2.28. The first-order valence-corrected chi connectivity index (χ1v) is 7.60. The molecule has 1 aromatic carbocycles. The number of ether oxygens (including phenoxy) is 1. The van der Waals surface area contributed by atoms with Gasteiger partial charge >= 0.3 is 0 Å². The van der Waals surface area contributed by atoms with Crippen LogP contribution in [-0.2, 0) is 11.3 Å². The van der Waals surface area contributed by atoms with Gasteiger partial charge in [-0.15, -0.1) is 11.6 Å². The van der Waals surface area contributed by atoms with E-state index in [1.165, 1.54) is 6.07 Å². The number of hydrogen-bond donors (Lipinski definition) is 0. The first kappa shape index (κ1) is 14.7. The molecule has 0 aliphatic carbocycles. The molecule has 1 saturated heterocycles. The topological polar surface area (TPSA) is 27.1 Å². The summed E-state index contributed by atoms with van der Waals surface area (Å²) in [7, 11) is 0. The molecule has 114 valence electrons. The first-order chi connectivity index (χ1) is 10.1. The molecule has 0 saturated carbocycles. The van der Waals surface area contributed by atoms with Gasteiger partial charge in [-0.25, -0.2) is 13.8 Å². The number of imidazole rings is 1. The maximum atomic E-state index is 13.9. The fourth-order valence-electron chi connectivity index (χ4n) is 2.85. The van der Waals surface area contributed by atoms with Crippen molar-refractivity contribution in [3.05, 3.63) is 29.6 Å². The molecule has 0 spiro atoms. The van der Waals surface area contributed by atoms with E-state index in [-0.39, 0.29) is 17.0 Å². The zero-order chi connectivity index (χ0) is 15.0. The van der Waals surface area contributed by atoms with Gasteiger partial charge in [-0.2, -0.15) is 0 Å². The third-order valence-corrected chi connectivity index (χ3v) is 4.05. The van der Waals surface area contributed by atoms with Gasteiger partial charge in [0, 0.05) is 19.2 Å². The summed E-state index contributed by atoms with van der Waals surface area (Å²) in [4.78, 5) is 4.25. The largest absolute Gasteiger partial charge is 0.378 e. The summed E-state index contributed by atoms with van der Waals surface area (Å²) >= 11 is 6.14. The number of benzene rings is 1. The SMILES string of the molecule is CC(Cl)c1nc2c(F)cc(F)cc2n1CCC1CCCO1. The van der Waals surface area contributed by atoms with Gasteiger partial charge in [0.2, 0.25) is 0 Å². The third kappa shape index (κ3) is 2.90. The minimum absolute atomic E-state index is 0.172. The van der Waals surface area contributed by atoms with E-state index in [9.17, 15) is 8.78 Å². The van der Waals surface area contributed by atoms with Gasteiger partial charge in [-0.1, -0.05) is 0 Å². The van der Waals surface area contributed by atoms with E-state index in [1.807, 2.05) is 0 Å². The number of fused-ring (bicyclic) bond motifs is 1. The standard InChI is InChI=1S/C15H17ClF2N2O/c1-9(16)15-19-14-12(18)7-10(17)8-13(14)20(15)5-4-11-3-2-6-21-11/h7-9,11H,2-6H2,1H3. The summed E-state index contributed by atoms with van der Waals surface area (Å²) in [5, 5.41) is -0.371. The lowest BCUT2D eigenvalue weighted by atomic mass is 10.2. The summed E-state index contributed by atoms with van der Waals surface area (Å²) in [6, 6.07) is 2.16. The van der Waals surface area contributed by atoms with Crippen molar-refractivity contribution in [2.24, 2.45) is 0 Å². The van der Waals surface area contributed by atoms with Gasteiger partial charge in [0.05, 0.1) is 17.0 Å². The lowest BCUT2D eigenvalue weighted by molar-refractivity contribution is 0.100. The highest BCUT2D eigenvalue weighted by molar-refractivity contribution is 6.20. The third-order valence-electron chi connectivity index (χ3n) is 3.86. The van der Waals surface area contributed by atoms with Crippen molar-refractivity contribution in [2.45, 2.75) is 44.2 Å². The van der Waals surface area contributed by atoms with Crippen LogP contribution in [0.1, 0.15) is 37.4 Å². The van der Waals surface area contributed by atoms with E-state index >= 15 is 0 Å². The van der Waals surface area contributed by atoms with E-state index in [0.717, 1.165) is 31.9 Å². The fraction of sp³-hybridized carbons (Fsp3) is 0.533. The highest BCUT2D eigenvalue weighted by atomic mass is 35.5. The minimum Gasteiger partial charge on any atom is -0.378 e. The molecule has 21 heavy (non-hydrogen) atoms.